The summed E-state index contributed by atoms with van der Waals surface area (Å²) in [6.45, 7) is 4.95. The molecule has 2 atom stereocenters. The van der Waals surface area contributed by atoms with Gasteiger partial charge in [-0.25, -0.2) is 9.59 Å². The average molecular weight is 562 g/mol. The Bertz CT molecular complexity index is 793. The van der Waals surface area contributed by atoms with Crippen LogP contribution in [-0.4, -0.2) is 104 Å². The van der Waals surface area contributed by atoms with Crippen molar-refractivity contribution in [3.63, 3.8) is 0 Å². The van der Waals surface area contributed by atoms with Crippen LogP contribution in [0.4, 0.5) is 0 Å². The van der Waals surface area contributed by atoms with E-state index in [1.165, 1.54) is 0 Å². The lowest BCUT2D eigenvalue weighted by molar-refractivity contribution is -0.143. The topological polar surface area (TPSA) is 221 Å². The van der Waals surface area contributed by atoms with Gasteiger partial charge < -0.3 is 35.6 Å². The molecule has 0 rings (SSSR count). The molecule has 224 valence electrons. The Morgan fingerprint density at radius 3 is 1.79 bits per heavy atom. The predicted molar refractivity (Wildman–Crippen MR) is 138 cm³/mol. The smallest absolute Gasteiger partial charge is 0.326 e. The van der Waals surface area contributed by atoms with Crippen LogP contribution in [0.3, 0.4) is 0 Å². The summed E-state index contributed by atoms with van der Waals surface area (Å²) in [6, 6.07) is -2.64. The highest BCUT2D eigenvalue weighted by Crippen LogP contribution is 2.03. The van der Waals surface area contributed by atoms with E-state index < -0.39 is 41.7 Å². The molecule has 0 saturated heterocycles. The van der Waals surface area contributed by atoms with Crippen LogP contribution < -0.4 is 26.8 Å². The molecule has 0 aliphatic heterocycles. The lowest BCUT2D eigenvalue weighted by Gasteiger charge is -2.17. The minimum atomic E-state index is -1.34. The van der Waals surface area contributed by atoms with Gasteiger partial charge in [-0.1, -0.05) is 13.8 Å². The molecule has 39 heavy (non-hydrogen) atoms. The maximum Gasteiger partial charge on any atom is 0.326 e. The molecule has 0 heterocycles. The van der Waals surface area contributed by atoms with E-state index in [9.17, 15) is 39.0 Å². The molecule has 0 aromatic carbocycles. The summed E-state index contributed by atoms with van der Waals surface area (Å²) in [4.78, 5) is 70.4. The quantitative estimate of drug-likeness (QED) is 0.0532. The number of hydrogen-bond donors (Lipinski definition) is 7. The monoisotopic (exact) mass is 561 g/mol. The van der Waals surface area contributed by atoms with Crippen LogP contribution >= 0.6 is 0 Å². The van der Waals surface area contributed by atoms with Crippen LogP contribution in [0.1, 0.15) is 52.4 Å². The molecule has 15 nitrogen and oxygen atoms in total. The van der Waals surface area contributed by atoms with Crippen molar-refractivity contribution in [3.8, 4) is 0 Å². The standard InChI is InChI=1S/C24H43N5O10/c1-16(2)19(30)15-39-14-13-38-12-11-26-20(31)8-6-17(23(34)35)29-22(33)9-7-18(24(36)37)28-21(32)5-4-10-27-25-3/h16-18,25,27H,4-15H2,1-3H3,(H,26,31)(H,28,32)(H,29,33)(H,34,35)(H,36,37)/t17-,18-/m0/s1. The number of Topliss-reactive ketones (excluding diaryl/α,β-unsaturated/α-hetero) is 1. The molecule has 0 saturated carbocycles. The van der Waals surface area contributed by atoms with E-state index in [0.29, 0.717) is 13.0 Å². The van der Waals surface area contributed by atoms with Crippen molar-refractivity contribution in [2.75, 3.05) is 46.6 Å². The van der Waals surface area contributed by atoms with Crippen molar-refractivity contribution >= 4 is 35.4 Å². The summed E-state index contributed by atoms with van der Waals surface area (Å²) >= 11 is 0. The van der Waals surface area contributed by atoms with Gasteiger partial charge in [0.2, 0.25) is 17.7 Å². The maximum atomic E-state index is 12.2. The zero-order chi connectivity index (χ0) is 29.6. The lowest BCUT2D eigenvalue weighted by atomic mass is 10.1. The molecule has 0 unspecified atom stereocenters. The van der Waals surface area contributed by atoms with Gasteiger partial charge in [0.15, 0.2) is 5.78 Å². The Labute approximate surface area is 228 Å². The van der Waals surface area contributed by atoms with E-state index in [0.717, 1.165) is 0 Å². The van der Waals surface area contributed by atoms with E-state index in [4.69, 9.17) is 9.47 Å². The van der Waals surface area contributed by atoms with Gasteiger partial charge in [0, 0.05) is 38.3 Å². The van der Waals surface area contributed by atoms with E-state index in [-0.39, 0.29) is 76.8 Å². The normalized spacial score (nSPS) is 12.4. The first-order chi connectivity index (χ1) is 18.5. The van der Waals surface area contributed by atoms with Gasteiger partial charge in [-0.3, -0.25) is 30.0 Å². The third-order valence-corrected chi connectivity index (χ3v) is 5.30. The molecule has 0 aromatic rings. The number of hydrazine groups is 1. The highest BCUT2D eigenvalue weighted by Gasteiger charge is 2.24. The van der Waals surface area contributed by atoms with Gasteiger partial charge in [-0.15, -0.1) is 0 Å². The number of hydrogen-bond acceptors (Lipinski definition) is 10. The van der Waals surface area contributed by atoms with Gasteiger partial charge >= 0.3 is 11.9 Å². The van der Waals surface area contributed by atoms with Crippen LogP contribution in [0, 0.1) is 5.92 Å². The number of aliphatic carboxylic acids is 2. The number of ketones is 1. The average Bonchev–Trinajstić information content (AvgIpc) is 2.87. The molecule has 7 N–H and O–H groups in total. The maximum absolute atomic E-state index is 12.2. The number of carboxylic acid groups (broad SMARTS) is 2. The molecule has 3 amide bonds. The fourth-order valence-electron chi connectivity index (χ4n) is 2.97. The first-order valence-electron chi connectivity index (χ1n) is 12.9. The second kappa shape index (κ2) is 21.8. The van der Waals surface area contributed by atoms with Crippen LogP contribution in [0.15, 0.2) is 0 Å². The zero-order valence-corrected chi connectivity index (χ0v) is 22.9. The molecular formula is C24H43N5O10. The fourth-order valence-corrected chi connectivity index (χ4v) is 2.97. The van der Waals surface area contributed by atoms with Crippen molar-refractivity contribution in [3.05, 3.63) is 0 Å². The minimum Gasteiger partial charge on any atom is -0.480 e. The predicted octanol–water partition coefficient (Wildman–Crippen LogP) is -1.44. The van der Waals surface area contributed by atoms with Crippen LogP contribution in [-0.2, 0) is 38.2 Å². The first-order valence-corrected chi connectivity index (χ1v) is 12.9. The summed E-state index contributed by atoms with van der Waals surface area (Å²) in [5.74, 6) is -4.38. The van der Waals surface area contributed by atoms with Crippen molar-refractivity contribution in [2.24, 2.45) is 5.92 Å². The summed E-state index contributed by atoms with van der Waals surface area (Å²) in [5.41, 5.74) is 5.49. The second-order valence-corrected chi connectivity index (χ2v) is 8.91. The Hall–Kier alpha value is -3.14. The highest BCUT2D eigenvalue weighted by atomic mass is 16.5. The number of amides is 3. The number of ether oxygens (including phenoxy) is 2. The van der Waals surface area contributed by atoms with E-state index in [1.54, 1.807) is 20.9 Å². The molecule has 0 aliphatic carbocycles. The second-order valence-electron chi connectivity index (χ2n) is 8.91. The van der Waals surface area contributed by atoms with Crippen LogP contribution in [0.5, 0.6) is 0 Å². The van der Waals surface area contributed by atoms with Crippen LogP contribution in [0.25, 0.3) is 0 Å². The Balaban J connectivity index is 4.25. The van der Waals surface area contributed by atoms with E-state index >= 15 is 0 Å². The summed E-state index contributed by atoms with van der Waals surface area (Å²) < 4.78 is 10.5. The van der Waals surface area contributed by atoms with E-state index in [2.05, 4.69) is 26.8 Å². The van der Waals surface area contributed by atoms with Gasteiger partial charge in [0.1, 0.15) is 18.7 Å². The molecule has 0 spiro atoms. The largest absolute Gasteiger partial charge is 0.480 e. The van der Waals surface area contributed by atoms with Gasteiger partial charge in [0.05, 0.1) is 19.8 Å². The van der Waals surface area contributed by atoms with Crippen molar-refractivity contribution in [2.45, 2.75) is 64.5 Å². The molecule has 0 aliphatic rings. The molecular weight excluding hydrogens is 518 g/mol. The fraction of sp³-hybridized carbons (Fsp3) is 0.750. The summed E-state index contributed by atoms with van der Waals surface area (Å²) in [7, 11) is 1.67. The molecule has 0 fully saturated rings. The minimum absolute atomic E-state index is 0.00374. The van der Waals surface area contributed by atoms with Crippen molar-refractivity contribution in [1.29, 1.82) is 0 Å². The molecule has 0 bridgehead atoms. The Morgan fingerprint density at radius 2 is 1.26 bits per heavy atom. The first kappa shape index (κ1) is 35.9. The number of rotatable bonds is 24. The highest BCUT2D eigenvalue weighted by molar-refractivity contribution is 5.86. The van der Waals surface area contributed by atoms with E-state index in [1.807, 2.05) is 0 Å². The Morgan fingerprint density at radius 1 is 0.718 bits per heavy atom. The Kier molecular flexibility index (Phi) is 20.0. The molecule has 15 heteroatoms. The third kappa shape index (κ3) is 19.6. The zero-order valence-electron chi connectivity index (χ0n) is 22.9. The van der Waals surface area contributed by atoms with Crippen molar-refractivity contribution in [1.82, 2.24) is 26.8 Å². The summed E-state index contributed by atoms with van der Waals surface area (Å²) in [5, 5.41) is 25.9. The number of carbonyl (C=O) groups is 6. The number of carboxylic acids is 2. The molecule has 0 radical (unpaired) electrons. The van der Waals surface area contributed by atoms with Gasteiger partial charge in [-0.05, 0) is 26.3 Å². The third-order valence-electron chi connectivity index (χ3n) is 5.30. The lowest BCUT2D eigenvalue weighted by Crippen LogP contribution is -2.44. The van der Waals surface area contributed by atoms with Crippen molar-refractivity contribution < 1.29 is 48.5 Å². The summed E-state index contributed by atoms with van der Waals surface area (Å²) in [6.07, 6.45) is -0.347. The SMILES string of the molecule is CNNCCCC(=O)N[C@@H](CCC(=O)N[C@@H](CCC(=O)NCCOCCOCC(=O)C(C)C)C(=O)O)C(=O)O. The molecule has 0 aromatic heterocycles. The van der Waals surface area contributed by atoms with Crippen LogP contribution in [0.2, 0.25) is 0 Å². The number of carbonyl (C=O) groups excluding carboxylic acids is 4. The van der Waals surface area contributed by atoms with Gasteiger partial charge in [-0.2, -0.15) is 0 Å². The van der Waals surface area contributed by atoms with Gasteiger partial charge in [0.25, 0.3) is 0 Å². The number of nitrogens with one attached hydrogen (secondary N) is 5.